The van der Waals surface area contributed by atoms with Crippen molar-refractivity contribution in [3.63, 3.8) is 0 Å². The Balaban J connectivity index is 1.83. The number of benzene rings is 2. The largest absolute Gasteiger partial charge is 0.494 e. The number of hydrogen-bond donors (Lipinski definition) is 0. The molecule has 0 aromatic heterocycles. The Bertz CT molecular complexity index is 769. The molecule has 0 bridgehead atoms. The minimum Gasteiger partial charge on any atom is -0.494 e. The van der Waals surface area contributed by atoms with E-state index in [-0.39, 0.29) is 5.92 Å². The highest BCUT2D eigenvalue weighted by Gasteiger charge is 2.29. The van der Waals surface area contributed by atoms with E-state index in [0.717, 1.165) is 35.0 Å². The van der Waals surface area contributed by atoms with Gasteiger partial charge in [0.25, 0.3) is 0 Å². The van der Waals surface area contributed by atoms with E-state index in [1.165, 1.54) is 16.7 Å². The summed E-state index contributed by atoms with van der Waals surface area (Å²) in [5.74, 6) is 2.80. The first-order chi connectivity index (χ1) is 11.3. The molecule has 4 heteroatoms. The van der Waals surface area contributed by atoms with Gasteiger partial charge in [-0.15, -0.1) is 0 Å². The number of rotatable bonds is 3. The minimum atomic E-state index is 0.212. The summed E-state index contributed by atoms with van der Waals surface area (Å²) >= 11 is 5.58. The van der Waals surface area contributed by atoms with Crippen molar-refractivity contribution in [3.8, 4) is 17.2 Å². The third-order valence-electron chi connectivity index (χ3n) is 4.42. The molecule has 0 saturated carbocycles. The topological polar surface area (TPSA) is 27.7 Å². The Morgan fingerprint density at radius 1 is 1.13 bits per heavy atom. The van der Waals surface area contributed by atoms with Crippen LogP contribution in [-0.4, -0.2) is 18.3 Å². The van der Waals surface area contributed by atoms with Crippen LogP contribution in [0.3, 0.4) is 0 Å². The molecule has 1 atom stereocenters. The third kappa shape index (κ3) is 2.57. The van der Waals surface area contributed by atoms with Gasteiger partial charge in [-0.05, 0) is 47.5 Å². The fraction of sp³-hybridized carbons (Fsp3) is 0.316. The van der Waals surface area contributed by atoms with E-state index in [9.17, 15) is 0 Å². The van der Waals surface area contributed by atoms with Gasteiger partial charge in [0.15, 0.2) is 11.5 Å². The first-order valence-electron chi connectivity index (χ1n) is 7.92. The van der Waals surface area contributed by atoms with Crippen molar-refractivity contribution in [2.24, 2.45) is 0 Å². The quantitative estimate of drug-likeness (QED) is 0.788. The van der Waals surface area contributed by atoms with Crippen molar-refractivity contribution in [1.82, 2.24) is 0 Å². The highest BCUT2D eigenvalue weighted by atomic mass is 32.1. The maximum absolute atomic E-state index is 5.83. The lowest BCUT2D eigenvalue weighted by atomic mass is 9.78. The fourth-order valence-electron chi connectivity index (χ4n) is 3.43. The van der Waals surface area contributed by atoms with Gasteiger partial charge in [0.05, 0.1) is 6.61 Å². The summed E-state index contributed by atoms with van der Waals surface area (Å²) < 4.78 is 16.9. The van der Waals surface area contributed by atoms with Gasteiger partial charge >= 0.3 is 0 Å². The molecule has 0 saturated heterocycles. The van der Waals surface area contributed by atoms with Crippen LogP contribution in [0.25, 0.3) is 0 Å². The van der Waals surface area contributed by atoms with Crippen LogP contribution in [0.1, 0.15) is 36.0 Å². The maximum Gasteiger partial charge on any atom is 0.231 e. The summed E-state index contributed by atoms with van der Waals surface area (Å²) in [4.78, 5) is 1.08. The van der Waals surface area contributed by atoms with Crippen LogP contribution in [0.5, 0.6) is 17.2 Å². The second-order valence-corrected chi connectivity index (χ2v) is 6.42. The van der Waals surface area contributed by atoms with Crippen molar-refractivity contribution >= 4 is 17.1 Å². The molecule has 23 heavy (non-hydrogen) atoms. The minimum absolute atomic E-state index is 0.212. The van der Waals surface area contributed by atoms with E-state index in [0.29, 0.717) is 13.4 Å². The second kappa shape index (κ2) is 5.85. The van der Waals surface area contributed by atoms with Gasteiger partial charge < -0.3 is 14.2 Å². The summed E-state index contributed by atoms with van der Waals surface area (Å²) in [6, 6.07) is 12.4. The Kier molecular flexibility index (Phi) is 3.69. The molecular weight excluding hydrogens is 308 g/mol. The molecule has 0 spiro atoms. The Hall–Kier alpha value is -2.07. The van der Waals surface area contributed by atoms with E-state index >= 15 is 0 Å². The molecule has 0 radical (unpaired) electrons. The van der Waals surface area contributed by atoms with Gasteiger partial charge in [0.2, 0.25) is 6.79 Å². The molecular formula is C19H18O3S. The molecule has 1 aliphatic carbocycles. The molecule has 2 aromatic rings. The molecule has 3 nitrogen and oxygen atoms in total. The van der Waals surface area contributed by atoms with Crippen LogP contribution >= 0.6 is 12.2 Å². The number of ether oxygens (including phenoxy) is 3. The standard InChI is InChI=1S/C19H18O3S/c1-2-20-17-6-4-3-5-14(17)16-9-13(23)7-12-8-18-19(10-15(12)16)22-11-21-18/h3-6,8,10,16H,2,7,9,11H2,1H3/t16-/m1/s1. The predicted molar refractivity (Wildman–Crippen MR) is 92.9 cm³/mol. The lowest BCUT2D eigenvalue weighted by Crippen LogP contribution is -2.18. The smallest absolute Gasteiger partial charge is 0.231 e. The summed E-state index contributed by atoms with van der Waals surface area (Å²) in [6.07, 6.45) is 1.70. The molecule has 1 heterocycles. The number of para-hydroxylation sites is 1. The lowest BCUT2D eigenvalue weighted by molar-refractivity contribution is 0.174. The SMILES string of the molecule is CCOc1ccccc1[C@H]1CC(=S)Cc2cc3c(cc21)OCO3. The molecule has 0 N–H and O–H groups in total. The van der Waals surface area contributed by atoms with E-state index in [2.05, 4.69) is 24.3 Å². The maximum atomic E-state index is 5.83. The molecule has 2 aliphatic rings. The summed E-state index contributed by atoms with van der Waals surface area (Å²) in [7, 11) is 0. The van der Waals surface area contributed by atoms with Crippen LogP contribution < -0.4 is 14.2 Å². The Morgan fingerprint density at radius 3 is 2.74 bits per heavy atom. The van der Waals surface area contributed by atoms with Crippen LogP contribution in [0, 0.1) is 0 Å². The Morgan fingerprint density at radius 2 is 1.91 bits per heavy atom. The summed E-state index contributed by atoms with van der Waals surface area (Å²) in [5, 5.41) is 0. The van der Waals surface area contributed by atoms with Gasteiger partial charge in [-0.2, -0.15) is 0 Å². The van der Waals surface area contributed by atoms with E-state index in [4.69, 9.17) is 26.4 Å². The van der Waals surface area contributed by atoms with Gasteiger partial charge in [0, 0.05) is 17.9 Å². The zero-order valence-corrected chi connectivity index (χ0v) is 13.8. The monoisotopic (exact) mass is 326 g/mol. The van der Waals surface area contributed by atoms with Crippen molar-refractivity contribution in [2.75, 3.05) is 13.4 Å². The molecule has 2 aromatic carbocycles. The first kappa shape index (κ1) is 14.5. The molecule has 118 valence electrons. The van der Waals surface area contributed by atoms with Crippen molar-refractivity contribution < 1.29 is 14.2 Å². The second-order valence-electron chi connectivity index (χ2n) is 5.85. The number of fused-ring (bicyclic) bond motifs is 2. The zero-order chi connectivity index (χ0) is 15.8. The van der Waals surface area contributed by atoms with Crippen molar-refractivity contribution in [1.29, 1.82) is 0 Å². The average molecular weight is 326 g/mol. The summed E-state index contributed by atoms with van der Waals surface area (Å²) in [6.45, 7) is 2.96. The summed E-state index contributed by atoms with van der Waals surface area (Å²) in [5.41, 5.74) is 3.70. The average Bonchev–Trinajstić information content (AvgIpc) is 3.00. The van der Waals surface area contributed by atoms with Crippen LogP contribution in [0.15, 0.2) is 36.4 Å². The van der Waals surface area contributed by atoms with Gasteiger partial charge in [0.1, 0.15) is 5.75 Å². The molecule has 0 amide bonds. The fourth-order valence-corrected chi connectivity index (χ4v) is 3.75. The normalized spacial score (nSPS) is 18.7. The van der Waals surface area contributed by atoms with E-state index in [1.807, 2.05) is 19.1 Å². The third-order valence-corrected chi connectivity index (χ3v) is 4.73. The lowest BCUT2D eigenvalue weighted by Gasteiger charge is -2.28. The van der Waals surface area contributed by atoms with Crippen molar-refractivity contribution in [2.45, 2.75) is 25.7 Å². The van der Waals surface area contributed by atoms with E-state index in [1.54, 1.807) is 0 Å². The Labute approximate surface area is 141 Å². The van der Waals surface area contributed by atoms with Gasteiger partial charge in [-0.25, -0.2) is 0 Å². The molecule has 4 rings (SSSR count). The molecule has 0 unspecified atom stereocenters. The van der Waals surface area contributed by atoms with Crippen molar-refractivity contribution in [3.05, 3.63) is 53.1 Å². The van der Waals surface area contributed by atoms with Crippen LogP contribution in [0.2, 0.25) is 0 Å². The number of hydrogen-bond acceptors (Lipinski definition) is 4. The van der Waals surface area contributed by atoms with Crippen LogP contribution in [-0.2, 0) is 6.42 Å². The number of thiocarbonyl (C=S) groups is 1. The first-order valence-corrected chi connectivity index (χ1v) is 8.33. The van der Waals surface area contributed by atoms with Gasteiger partial charge in [-0.3, -0.25) is 0 Å². The molecule has 0 fully saturated rings. The zero-order valence-electron chi connectivity index (χ0n) is 13.0. The highest BCUT2D eigenvalue weighted by Crippen LogP contribution is 2.44. The predicted octanol–water partition coefficient (Wildman–Crippen LogP) is 4.26. The van der Waals surface area contributed by atoms with E-state index < -0.39 is 0 Å². The highest BCUT2D eigenvalue weighted by molar-refractivity contribution is 7.80. The van der Waals surface area contributed by atoms with Gasteiger partial charge in [-0.1, -0.05) is 30.4 Å². The van der Waals surface area contributed by atoms with Crippen LogP contribution in [0.4, 0.5) is 0 Å². The molecule has 1 aliphatic heterocycles.